The van der Waals surface area contributed by atoms with Crippen LogP contribution in [-0.2, 0) is 9.53 Å². The number of aliphatic hydroxyl groups is 4. The third kappa shape index (κ3) is 4.22. The van der Waals surface area contributed by atoms with Crippen molar-refractivity contribution in [3.63, 3.8) is 0 Å². The Morgan fingerprint density at radius 3 is 2.26 bits per heavy atom. The van der Waals surface area contributed by atoms with Gasteiger partial charge in [-0.25, -0.2) is 4.39 Å². The van der Waals surface area contributed by atoms with Crippen LogP contribution in [0.1, 0.15) is 113 Å². The SMILES string of the molecule is CC1(C)CC[C@]2(C(F)[C@H]3OC(CO)[C@H](O)C(O)C3O)CC[C@]3(C)C(=CCC4[C@@]5(C)CCC(=O)C(C)(C)C5CC[C@]43C)C2C1. The predicted molar refractivity (Wildman–Crippen MR) is 163 cm³/mol. The average molecular weight is 605 g/mol. The molecule has 0 aromatic rings. The molecule has 244 valence electrons. The van der Waals surface area contributed by atoms with E-state index in [1.54, 1.807) is 0 Å². The summed E-state index contributed by atoms with van der Waals surface area (Å²) in [7, 11) is 0. The number of hydrogen-bond acceptors (Lipinski definition) is 6. The Morgan fingerprint density at radius 1 is 0.907 bits per heavy atom. The lowest BCUT2D eigenvalue weighted by Gasteiger charge is -2.71. The predicted octanol–water partition coefficient (Wildman–Crippen LogP) is 5.54. The molecule has 0 bridgehead atoms. The van der Waals surface area contributed by atoms with E-state index >= 15 is 4.39 Å². The van der Waals surface area contributed by atoms with Crippen molar-refractivity contribution >= 4 is 5.78 Å². The fourth-order valence-electron chi connectivity index (χ4n) is 12.3. The Balaban J connectivity index is 1.40. The lowest BCUT2D eigenvalue weighted by molar-refractivity contribution is -0.261. The fraction of sp³-hybridized carbons (Fsp3) is 0.917. The number of Topliss-reactive ketones (excluding diaryl/α,β-unsaturated/α-hetero) is 1. The highest BCUT2D eigenvalue weighted by molar-refractivity contribution is 5.85. The number of carbonyl (C=O) groups excluding carboxylic acids is 1. The maximum Gasteiger partial charge on any atom is 0.138 e. The monoisotopic (exact) mass is 604 g/mol. The summed E-state index contributed by atoms with van der Waals surface area (Å²) >= 11 is 0. The summed E-state index contributed by atoms with van der Waals surface area (Å²) in [5.74, 6) is 1.21. The largest absolute Gasteiger partial charge is 0.394 e. The van der Waals surface area contributed by atoms with Crippen molar-refractivity contribution in [2.75, 3.05) is 6.61 Å². The van der Waals surface area contributed by atoms with Crippen molar-refractivity contribution in [1.29, 1.82) is 0 Å². The molecule has 0 aromatic heterocycles. The van der Waals surface area contributed by atoms with Crippen LogP contribution >= 0.6 is 0 Å². The molecule has 0 spiro atoms. The zero-order chi connectivity index (χ0) is 31.5. The molecule has 43 heavy (non-hydrogen) atoms. The summed E-state index contributed by atoms with van der Waals surface area (Å²) in [5.41, 5.74) is 0.366. The minimum atomic E-state index is -1.57. The van der Waals surface area contributed by atoms with Crippen LogP contribution in [0.3, 0.4) is 0 Å². The highest BCUT2D eigenvalue weighted by Gasteiger charge is 2.70. The van der Waals surface area contributed by atoms with E-state index in [0.717, 1.165) is 44.9 Å². The fourth-order valence-corrected chi connectivity index (χ4v) is 12.3. The first-order valence-electron chi connectivity index (χ1n) is 17.1. The number of carbonyl (C=O) groups is 1. The maximum atomic E-state index is 17.3. The molecule has 1 aliphatic heterocycles. The van der Waals surface area contributed by atoms with E-state index < -0.39 is 48.7 Å². The Labute approximate surface area is 257 Å². The van der Waals surface area contributed by atoms with E-state index in [1.165, 1.54) is 5.57 Å². The van der Waals surface area contributed by atoms with Crippen LogP contribution in [0.15, 0.2) is 11.6 Å². The first-order chi connectivity index (χ1) is 19.9. The average Bonchev–Trinajstić information content (AvgIpc) is 2.94. The zero-order valence-corrected chi connectivity index (χ0v) is 27.5. The Kier molecular flexibility index (Phi) is 7.51. The molecule has 0 amide bonds. The van der Waals surface area contributed by atoms with Crippen molar-refractivity contribution in [1.82, 2.24) is 0 Å². The van der Waals surface area contributed by atoms with Crippen molar-refractivity contribution < 1.29 is 34.3 Å². The smallest absolute Gasteiger partial charge is 0.138 e. The summed E-state index contributed by atoms with van der Waals surface area (Å²) in [6, 6.07) is 0. The normalized spacial score (nSPS) is 53.0. The molecule has 4 saturated carbocycles. The van der Waals surface area contributed by atoms with Gasteiger partial charge in [-0.1, -0.05) is 60.1 Å². The number of ether oxygens (including phenoxy) is 1. The molecule has 0 aromatic carbocycles. The molecule has 6 rings (SSSR count). The van der Waals surface area contributed by atoms with Gasteiger partial charge in [-0.3, -0.25) is 4.79 Å². The minimum absolute atomic E-state index is 0.0231. The van der Waals surface area contributed by atoms with E-state index in [-0.39, 0.29) is 33.0 Å². The van der Waals surface area contributed by atoms with E-state index in [0.29, 0.717) is 36.9 Å². The molecule has 4 N–H and O–H groups in total. The number of hydrogen-bond donors (Lipinski definition) is 4. The Hall–Kier alpha value is -0.860. The van der Waals surface area contributed by atoms with Gasteiger partial charge in [-0.15, -0.1) is 0 Å². The first kappa shape index (κ1) is 32.1. The molecular formula is C36H57FO6. The van der Waals surface area contributed by atoms with Gasteiger partial charge in [0.2, 0.25) is 0 Å². The van der Waals surface area contributed by atoms with Gasteiger partial charge in [-0.2, -0.15) is 0 Å². The quantitative estimate of drug-likeness (QED) is 0.315. The molecule has 1 saturated heterocycles. The van der Waals surface area contributed by atoms with Gasteiger partial charge in [-0.05, 0) is 97.2 Å². The van der Waals surface area contributed by atoms with E-state index in [1.807, 2.05) is 0 Å². The first-order valence-corrected chi connectivity index (χ1v) is 17.1. The molecule has 0 radical (unpaired) electrons. The summed E-state index contributed by atoms with van der Waals surface area (Å²) in [4.78, 5) is 13.1. The molecule has 5 aliphatic carbocycles. The van der Waals surface area contributed by atoms with Crippen molar-refractivity contribution in [2.24, 2.45) is 50.2 Å². The van der Waals surface area contributed by atoms with Gasteiger partial charge in [0.25, 0.3) is 0 Å². The van der Waals surface area contributed by atoms with E-state index in [9.17, 15) is 25.2 Å². The second-order valence-electron chi connectivity index (χ2n) is 17.8. The van der Waals surface area contributed by atoms with E-state index in [4.69, 9.17) is 4.74 Å². The molecule has 7 heteroatoms. The van der Waals surface area contributed by atoms with Gasteiger partial charge in [0, 0.05) is 17.3 Å². The second kappa shape index (κ2) is 10.1. The van der Waals surface area contributed by atoms with Crippen LogP contribution in [0.25, 0.3) is 0 Å². The minimum Gasteiger partial charge on any atom is -0.394 e. The van der Waals surface area contributed by atoms with Crippen LogP contribution in [0, 0.1) is 50.2 Å². The summed E-state index contributed by atoms with van der Waals surface area (Å²) < 4.78 is 23.2. The topological polar surface area (TPSA) is 107 Å². The lowest BCUT2D eigenvalue weighted by Crippen LogP contribution is -2.67. The standard InChI is InChI=1S/C36H57FO6/c1-31(2)14-16-36(30(37)29-28(42)27(41)26(40)22(19-38)43-29)17-15-34(6)20(21(36)18-31)8-9-24-33(5)12-11-25(39)32(3,4)23(33)10-13-35(24,34)7/h8,21-24,26-30,38,40-42H,9-19H2,1-7H3/t21?,22?,23?,24?,26-,27?,28?,29-,30?,33-,34+,35+,36-/m0/s1. The number of aliphatic hydroxyl groups excluding tert-OH is 4. The summed E-state index contributed by atoms with van der Waals surface area (Å²) in [6.45, 7) is 15.8. The van der Waals surface area contributed by atoms with Gasteiger partial charge in [0.1, 0.15) is 42.5 Å². The zero-order valence-electron chi connectivity index (χ0n) is 27.5. The van der Waals surface area contributed by atoms with Crippen LogP contribution in [-0.4, -0.2) is 69.5 Å². The molecule has 1 heterocycles. The maximum absolute atomic E-state index is 17.3. The van der Waals surface area contributed by atoms with Crippen LogP contribution < -0.4 is 0 Å². The van der Waals surface area contributed by atoms with E-state index in [2.05, 4.69) is 54.5 Å². The number of rotatable bonds is 3. The molecule has 7 unspecified atom stereocenters. The Bertz CT molecular complexity index is 1160. The lowest BCUT2D eigenvalue weighted by atomic mass is 9.33. The second-order valence-corrected chi connectivity index (χ2v) is 17.8. The molecule has 6 aliphatic rings. The van der Waals surface area contributed by atoms with Crippen molar-refractivity contribution in [3.05, 3.63) is 11.6 Å². The summed E-state index contributed by atoms with van der Waals surface area (Å²) in [6.07, 6.45) is 2.45. The highest BCUT2D eigenvalue weighted by atomic mass is 19.1. The van der Waals surface area contributed by atoms with Crippen LogP contribution in [0.5, 0.6) is 0 Å². The molecule has 5 fully saturated rings. The van der Waals surface area contributed by atoms with Crippen LogP contribution in [0.4, 0.5) is 4.39 Å². The molecule has 6 nitrogen and oxygen atoms in total. The third-order valence-electron chi connectivity index (χ3n) is 15.2. The van der Waals surface area contributed by atoms with Crippen LogP contribution in [0.2, 0.25) is 0 Å². The Morgan fingerprint density at radius 2 is 1.58 bits per heavy atom. The molecular weight excluding hydrogens is 547 g/mol. The van der Waals surface area contributed by atoms with Crippen molar-refractivity contribution in [2.45, 2.75) is 149 Å². The number of ketones is 1. The summed E-state index contributed by atoms with van der Waals surface area (Å²) in [5, 5.41) is 41.8. The number of fused-ring (bicyclic) bond motifs is 7. The van der Waals surface area contributed by atoms with Crippen molar-refractivity contribution in [3.8, 4) is 0 Å². The van der Waals surface area contributed by atoms with Gasteiger partial charge in [0.05, 0.1) is 6.61 Å². The highest BCUT2D eigenvalue weighted by Crippen LogP contribution is 2.76. The number of alkyl halides is 1. The van der Waals surface area contributed by atoms with Gasteiger partial charge < -0.3 is 25.2 Å². The molecule has 13 atom stereocenters. The number of allylic oxidation sites excluding steroid dienone is 2. The van der Waals surface area contributed by atoms with Gasteiger partial charge >= 0.3 is 0 Å². The third-order valence-corrected chi connectivity index (χ3v) is 15.2. The number of halogens is 1. The van der Waals surface area contributed by atoms with Gasteiger partial charge in [0.15, 0.2) is 0 Å².